The van der Waals surface area contributed by atoms with E-state index in [-0.39, 0.29) is 19.3 Å². The number of carbonyl (C=O) groups is 3. The number of carbonyl (C=O) groups excluding carboxylic acids is 3. The number of allylic oxidation sites excluding steroid dienone is 28. The molecule has 658 valence electrons. The molecule has 0 aromatic heterocycles. The van der Waals surface area contributed by atoms with Gasteiger partial charge in [0.1, 0.15) is 25.4 Å². The molecule has 18 heteroatoms. The third-order valence-electron chi connectivity index (χ3n) is 18.9. The number of aliphatic hydroxyl groups is 2. The fourth-order valence-corrected chi connectivity index (χ4v) is 13.6. The number of aliphatic hydroxyl groups excluding tert-OH is 2. The average molecular weight is 1650 g/mol. The largest absolute Gasteiger partial charge is 0.472 e. The zero-order valence-corrected chi connectivity index (χ0v) is 74.2. The zero-order valence-electron chi connectivity index (χ0n) is 72.4. The first kappa shape index (κ1) is 110. The molecule has 0 saturated heterocycles. The lowest BCUT2D eigenvalue weighted by atomic mass is 10.0. The Morgan fingerprint density at radius 3 is 0.730 bits per heavy atom. The molecule has 0 amide bonds. The van der Waals surface area contributed by atoms with Gasteiger partial charge in [-0.1, -0.05) is 358 Å². The van der Waals surface area contributed by atoms with Gasteiger partial charge in [0, 0.05) is 19.3 Å². The SMILES string of the molecule is CC/C=C\C/C=C\C/C=C\C/C=C\C/C=C\C/C=C\CCCCCCCCC(=O)OCC(COP(=O)(O)OCC(O)COP(=O)(O)OCC(O)COC(=O)CCCCCCCCCCCCCCCCC/C=C\C/C=C\C/C=C\C/C=C\CCCCC)OC(=O)CCCCCCCCC/C=C\C/C=C\C/C=C\C/C=C\CCCCC. The second-order valence-electron chi connectivity index (χ2n) is 30.0. The highest BCUT2D eigenvalue weighted by Gasteiger charge is 2.29. The van der Waals surface area contributed by atoms with Crippen molar-refractivity contribution in [1.29, 1.82) is 0 Å². The van der Waals surface area contributed by atoms with E-state index >= 15 is 0 Å². The summed E-state index contributed by atoms with van der Waals surface area (Å²) < 4.78 is 61.4. The van der Waals surface area contributed by atoms with Crippen molar-refractivity contribution in [2.24, 2.45) is 0 Å². The second-order valence-corrected chi connectivity index (χ2v) is 32.9. The number of hydrogen-bond acceptors (Lipinski definition) is 14. The van der Waals surface area contributed by atoms with Crippen LogP contribution in [0.2, 0.25) is 0 Å². The average Bonchev–Trinajstić information content (AvgIpc) is 0.900. The molecule has 0 aromatic carbocycles. The number of esters is 3. The van der Waals surface area contributed by atoms with Gasteiger partial charge in [-0.15, -0.1) is 0 Å². The number of hydrogen-bond donors (Lipinski definition) is 4. The lowest BCUT2D eigenvalue weighted by molar-refractivity contribution is -0.161. The first-order valence-electron chi connectivity index (χ1n) is 45.4. The molecule has 0 radical (unpaired) electrons. The molecular weight excluding hydrogens is 1480 g/mol. The predicted molar refractivity (Wildman–Crippen MR) is 482 cm³/mol. The Balaban J connectivity index is 4.64. The van der Waals surface area contributed by atoms with E-state index in [9.17, 15) is 43.5 Å². The van der Waals surface area contributed by atoms with E-state index in [1.807, 2.05) is 0 Å². The monoisotopic (exact) mass is 1650 g/mol. The van der Waals surface area contributed by atoms with Crippen molar-refractivity contribution in [3.8, 4) is 0 Å². The fraction of sp³-hybridized carbons (Fsp3) is 0.680. The Morgan fingerprint density at radius 2 is 0.461 bits per heavy atom. The van der Waals surface area contributed by atoms with Gasteiger partial charge in [0.15, 0.2) is 6.10 Å². The highest BCUT2D eigenvalue weighted by molar-refractivity contribution is 7.47. The standard InChI is InChI=1S/C97H164O16P2/c1-4-7-10-13-16-19-22-25-28-31-34-37-40-42-43-44-45-46-47-49-52-53-56-59-62-65-68-71-74-77-80-83-95(100)107-86-92(98)87-109-114(103,104)110-88-93(99)89-111-115(105,106)112-91-94(113-97(102)85-82-79-76-73-70-67-64-61-58-55-50-39-36-33-30-27-24-21-18-15-12-9-6-3)90-108-96(101)84-81-78-75-72-69-66-63-60-57-54-51-48-41-38-35-32-29-26-23-20-17-14-11-8-5-2/h8,11,16-21,25-30,34-39,42-43,48,51,55,57-58,60,92-94,98-99H,4-7,9-10,12-15,22-24,31-33,40-41,44-47,49-50,52-54,56,59,61-91H2,1-3H3,(H,103,104)(H,105,106)/b11-8-,19-16-,20-17-,21-18-,28-25-,29-26-,30-27-,37-34-,38-35-,39-36-,43-42-,51-48-,58-55-,60-57-. The molecule has 0 aliphatic heterocycles. The van der Waals surface area contributed by atoms with Crippen molar-refractivity contribution in [2.75, 3.05) is 39.6 Å². The van der Waals surface area contributed by atoms with E-state index < -0.39 is 91.5 Å². The van der Waals surface area contributed by atoms with Crippen LogP contribution in [0.1, 0.15) is 367 Å². The molecule has 4 N–H and O–H groups in total. The third kappa shape index (κ3) is 89.5. The smallest absolute Gasteiger partial charge is 0.463 e. The summed E-state index contributed by atoms with van der Waals surface area (Å²) in [6.07, 6.45) is 114. The van der Waals surface area contributed by atoms with E-state index in [0.29, 0.717) is 19.3 Å². The topological polar surface area (TPSA) is 231 Å². The van der Waals surface area contributed by atoms with Crippen LogP contribution in [0, 0.1) is 0 Å². The Hall–Kier alpha value is -5.09. The minimum Gasteiger partial charge on any atom is -0.463 e. The van der Waals surface area contributed by atoms with Gasteiger partial charge in [-0.25, -0.2) is 9.13 Å². The molecule has 0 aromatic rings. The first-order valence-corrected chi connectivity index (χ1v) is 48.4. The van der Waals surface area contributed by atoms with Gasteiger partial charge in [0.05, 0.1) is 26.4 Å². The van der Waals surface area contributed by atoms with Crippen molar-refractivity contribution in [2.45, 2.75) is 386 Å². The van der Waals surface area contributed by atoms with Crippen molar-refractivity contribution >= 4 is 33.6 Å². The lowest BCUT2D eigenvalue weighted by Crippen LogP contribution is -2.30. The van der Waals surface area contributed by atoms with Crippen LogP contribution in [0.5, 0.6) is 0 Å². The molecule has 0 rings (SSSR count). The van der Waals surface area contributed by atoms with E-state index in [2.05, 4.69) is 191 Å². The van der Waals surface area contributed by atoms with Crippen LogP contribution in [0.15, 0.2) is 170 Å². The number of unbranched alkanes of at least 4 members (excludes halogenated alkanes) is 34. The molecule has 5 unspecified atom stereocenters. The summed E-state index contributed by atoms with van der Waals surface area (Å²) in [6.45, 7) is 2.51. The second kappa shape index (κ2) is 88.2. The summed E-state index contributed by atoms with van der Waals surface area (Å²) in [5.74, 6) is -1.60. The summed E-state index contributed by atoms with van der Waals surface area (Å²) in [5.41, 5.74) is 0. The van der Waals surface area contributed by atoms with Crippen LogP contribution in [0.4, 0.5) is 0 Å². The van der Waals surface area contributed by atoms with Crippen LogP contribution < -0.4 is 0 Å². The van der Waals surface area contributed by atoms with Gasteiger partial charge >= 0.3 is 33.6 Å². The van der Waals surface area contributed by atoms with E-state index in [0.717, 1.165) is 180 Å². The van der Waals surface area contributed by atoms with E-state index in [4.69, 9.17) is 32.3 Å². The Bertz CT molecular complexity index is 2770. The Kier molecular flexibility index (Phi) is 84.3. The van der Waals surface area contributed by atoms with Crippen LogP contribution in [-0.4, -0.2) is 95.9 Å². The van der Waals surface area contributed by atoms with E-state index in [1.165, 1.54) is 128 Å². The summed E-state index contributed by atoms with van der Waals surface area (Å²) in [5, 5.41) is 20.7. The van der Waals surface area contributed by atoms with Gasteiger partial charge in [-0.05, 0) is 161 Å². The molecular formula is C97H164O16P2. The summed E-state index contributed by atoms with van der Waals surface area (Å²) >= 11 is 0. The summed E-state index contributed by atoms with van der Waals surface area (Å²) in [6, 6.07) is 0. The maximum absolute atomic E-state index is 13.1. The zero-order chi connectivity index (χ0) is 83.6. The highest BCUT2D eigenvalue weighted by Crippen LogP contribution is 2.45. The highest BCUT2D eigenvalue weighted by atomic mass is 31.2. The van der Waals surface area contributed by atoms with Gasteiger partial charge in [-0.3, -0.25) is 32.5 Å². The van der Waals surface area contributed by atoms with Crippen LogP contribution in [-0.2, 0) is 55.8 Å². The maximum Gasteiger partial charge on any atom is 0.472 e. The summed E-state index contributed by atoms with van der Waals surface area (Å²) in [4.78, 5) is 59.0. The maximum atomic E-state index is 13.1. The molecule has 0 spiro atoms. The fourth-order valence-electron chi connectivity index (χ4n) is 12.0. The number of rotatable bonds is 85. The van der Waals surface area contributed by atoms with Crippen molar-refractivity contribution in [1.82, 2.24) is 0 Å². The number of phosphoric acid groups is 2. The summed E-state index contributed by atoms with van der Waals surface area (Å²) in [7, 11) is -9.82. The van der Waals surface area contributed by atoms with Gasteiger partial charge in [0.2, 0.25) is 0 Å². The molecule has 16 nitrogen and oxygen atoms in total. The van der Waals surface area contributed by atoms with Crippen molar-refractivity contribution < 1.29 is 75.8 Å². The van der Waals surface area contributed by atoms with Crippen LogP contribution >= 0.6 is 15.6 Å². The third-order valence-corrected chi connectivity index (χ3v) is 20.8. The molecule has 5 atom stereocenters. The molecule has 115 heavy (non-hydrogen) atoms. The minimum atomic E-state index is -4.95. The number of ether oxygens (including phenoxy) is 3. The Morgan fingerprint density at radius 1 is 0.252 bits per heavy atom. The Labute approximate surface area is 701 Å². The normalized spacial score (nSPS) is 14.6. The van der Waals surface area contributed by atoms with Gasteiger partial charge in [0.25, 0.3) is 0 Å². The molecule has 0 saturated carbocycles. The van der Waals surface area contributed by atoms with Gasteiger partial charge in [-0.2, -0.15) is 0 Å². The first-order chi connectivity index (χ1) is 56.2. The predicted octanol–water partition coefficient (Wildman–Crippen LogP) is 27.9. The molecule has 0 aliphatic carbocycles. The molecule has 0 heterocycles. The van der Waals surface area contributed by atoms with Crippen LogP contribution in [0.25, 0.3) is 0 Å². The van der Waals surface area contributed by atoms with E-state index in [1.54, 1.807) is 0 Å². The minimum absolute atomic E-state index is 0.0830. The van der Waals surface area contributed by atoms with Crippen molar-refractivity contribution in [3.05, 3.63) is 170 Å². The molecule has 0 fully saturated rings. The molecule has 0 bridgehead atoms. The van der Waals surface area contributed by atoms with Crippen molar-refractivity contribution in [3.63, 3.8) is 0 Å². The molecule has 0 aliphatic rings. The number of phosphoric ester groups is 2. The quantitative estimate of drug-likeness (QED) is 0.0146. The lowest BCUT2D eigenvalue weighted by Gasteiger charge is -2.21. The van der Waals surface area contributed by atoms with Crippen LogP contribution in [0.3, 0.4) is 0 Å². The van der Waals surface area contributed by atoms with Gasteiger partial charge < -0.3 is 34.2 Å².